The minimum Gasteiger partial charge on any atom is -0.508 e. The highest BCUT2D eigenvalue weighted by Crippen LogP contribution is 2.39. The normalized spacial score (nSPS) is 10.5. The summed E-state index contributed by atoms with van der Waals surface area (Å²) >= 11 is 1.49. The summed E-state index contributed by atoms with van der Waals surface area (Å²) in [5.41, 5.74) is 1.70. The maximum Gasteiger partial charge on any atom is 0.136 e. The van der Waals surface area contributed by atoms with Crippen molar-refractivity contribution in [2.24, 2.45) is 0 Å². The fraction of sp³-hybridized carbons (Fsp3) is 0.143. The highest BCUT2D eigenvalue weighted by Gasteiger charge is 2.09. The van der Waals surface area contributed by atoms with Gasteiger partial charge in [-0.05, 0) is 38.1 Å². The average Bonchev–Trinajstić information content (AvgIpc) is 2.30. The van der Waals surface area contributed by atoms with Gasteiger partial charge in [0.15, 0.2) is 0 Å². The number of hydrogen-bond acceptors (Lipinski definition) is 3. The molecule has 3 heteroatoms. The fourth-order valence-electron chi connectivity index (χ4n) is 1.55. The Bertz CT molecular complexity index is 550. The fourth-order valence-corrected chi connectivity index (χ4v) is 2.58. The minimum absolute atomic E-state index is 0.121. The molecule has 0 fully saturated rings. The minimum atomic E-state index is 0.121. The summed E-state index contributed by atoms with van der Waals surface area (Å²) in [5.74, 6) is 0.271. The van der Waals surface area contributed by atoms with Crippen LogP contribution in [-0.4, -0.2) is 10.2 Å². The Hall–Kier alpha value is -1.61. The summed E-state index contributed by atoms with van der Waals surface area (Å²) in [7, 11) is 0. The van der Waals surface area contributed by atoms with E-state index in [2.05, 4.69) is 6.07 Å². The zero-order valence-corrected chi connectivity index (χ0v) is 10.6. The maximum absolute atomic E-state index is 9.93. The van der Waals surface area contributed by atoms with Crippen LogP contribution < -0.4 is 0 Å². The van der Waals surface area contributed by atoms with Crippen LogP contribution in [0.2, 0.25) is 0 Å². The standard InChI is InChI=1S/C14H14O2S/c1-9-4-3-5-11(8-9)17-13-7-6-12(15)10(2)14(13)16/h3-8,15-16H,1-2H3. The van der Waals surface area contributed by atoms with Gasteiger partial charge in [0, 0.05) is 10.5 Å². The summed E-state index contributed by atoms with van der Waals surface area (Å²) in [4.78, 5) is 1.83. The Balaban J connectivity index is 2.34. The smallest absolute Gasteiger partial charge is 0.136 e. The Kier molecular flexibility index (Phi) is 3.29. The van der Waals surface area contributed by atoms with Gasteiger partial charge in [-0.1, -0.05) is 29.5 Å². The van der Waals surface area contributed by atoms with Gasteiger partial charge in [0.2, 0.25) is 0 Å². The lowest BCUT2D eigenvalue weighted by Crippen LogP contribution is -1.81. The Labute approximate surface area is 105 Å². The topological polar surface area (TPSA) is 40.5 Å². The van der Waals surface area contributed by atoms with Gasteiger partial charge in [0.05, 0.1) is 4.90 Å². The Morgan fingerprint density at radius 2 is 1.76 bits per heavy atom. The zero-order chi connectivity index (χ0) is 12.4. The molecule has 0 saturated heterocycles. The molecular formula is C14H14O2S. The first-order valence-electron chi connectivity index (χ1n) is 5.34. The van der Waals surface area contributed by atoms with Crippen LogP contribution in [0.1, 0.15) is 11.1 Å². The zero-order valence-electron chi connectivity index (χ0n) is 9.77. The van der Waals surface area contributed by atoms with Crippen LogP contribution in [-0.2, 0) is 0 Å². The van der Waals surface area contributed by atoms with E-state index in [1.54, 1.807) is 19.1 Å². The maximum atomic E-state index is 9.93. The van der Waals surface area contributed by atoms with Crippen molar-refractivity contribution < 1.29 is 10.2 Å². The second-order valence-electron chi connectivity index (χ2n) is 3.98. The molecule has 0 aliphatic rings. The van der Waals surface area contributed by atoms with Gasteiger partial charge in [0.25, 0.3) is 0 Å². The third-order valence-electron chi connectivity index (χ3n) is 2.58. The van der Waals surface area contributed by atoms with E-state index in [1.807, 2.05) is 25.1 Å². The molecule has 0 saturated carbocycles. The number of rotatable bonds is 2. The second kappa shape index (κ2) is 4.72. The first kappa shape index (κ1) is 11.9. The lowest BCUT2D eigenvalue weighted by molar-refractivity contribution is 0.434. The van der Waals surface area contributed by atoms with Crippen LogP contribution >= 0.6 is 11.8 Å². The summed E-state index contributed by atoms with van der Waals surface area (Å²) in [6, 6.07) is 11.4. The summed E-state index contributed by atoms with van der Waals surface area (Å²) in [6.07, 6.45) is 0. The number of hydrogen-bond donors (Lipinski definition) is 2. The van der Waals surface area contributed by atoms with Crippen LogP contribution in [0.15, 0.2) is 46.2 Å². The van der Waals surface area contributed by atoms with Gasteiger partial charge in [-0.15, -0.1) is 0 Å². The van der Waals surface area contributed by atoms with Gasteiger partial charge in [-0.3, -0.25) is 0 Å². The Morgan fingerprint density at radius 3 is 2.47 bits per heavy atom. The van der Waals surface area contributed by atoms with Crippen molar-refractivity contribution in [2.45, 2.75) is 23.6 Å². The molecule has 2 nitrogen and oxygen atoms in total. The second-order valence-corrected chi connectivity index (χ2v) is 5.09. The van der Waals surface area contributed by atoms with E-state index in [-0.39, 0.29) is 11.5 Å². The van der Waals surface area contributed by atoms with Crippen LogP contribution in [0, 0.1) is 13.8 Å². The first-order valence-corrected chi connectivity index (χ1v) is 6.15. The first-order chi connectivity index (χ1) is 8.08. The number of phenols is 2. The van der Waals surface area contributed by atoms with Crippen molar-refractivity contribution in [1.29, 1.82) is 0 Å². The largest absolute Gasteiger partial charge is 0.508 e. The predicted molar refractivity (Wildman–Crippen MR) is 69.8 cm³/mol. The molecule has 0 heterocycles. The third kappa shape index (κ3) is 2.56. The van der Waals surface area contributed by atoms with Gasteiger partial charge >= 0.3 is 0 Å². The number of aryl methyl sites for hydroxylation is 1. The molecule has 0 spiro atoms. The molecule has 0 atom stereocenters. The van der Waals surface area contributed by atoms with Crippen molar-refractivity contribution in [3.8, 4) is 11.5 Å². The molecule has 17 heavy (non-hydrogen) atoms. The van der Waals surface area contributed by atoms with Crippen LogP contribution in [0.4, 0.5) is 0 Å². The van der Waals surface area contributed by atoms with Crippen molar-refractivity contribution in [3.05, 3.63) is 47.5 Å². The summed E-state index contributed by atoms with van der Waals surface area (Å²) < 4.78 is 0. The third-order valence-corrected chi connectivity index (χ3v) is 3.62. The highest BCUT2D eigenvalue weighted by atomic mass is 32.2. The van der Waals surface area contributed by atoms with Gasteiger partial charge < -0.3 is 10.2 Å². The van der Waals surface area contributed by atoms with Crippen molar-refractivity contribution >= 4 is 11.8 Å². The van der Waals surface area contributed by atoms with Crippen LogP contribution in [0.25, 0.3) is 0 Å². The van der Waals surface area contributed by atoms with E-state index in [9.17, 15) is 10.2 Å². The number of aromatic hydroxyl groups is 2. The lowest BCUT2D eigenvalue weighted by Gasteiger charge is -2.08. The van der Waals surface area contributed by atoms with E-state index in [1.165, 1.54) is 17.3 Å². The molecule has 0 aliphatic heterocycles. The van der Waals surface area contributed by atoms with Crippen molar-refractivity contribution in [2.75, 3.05) is 0 Å². The molecule has 0 radical (unpaired) electrons. The SMILES string of the molecule is Cc1cccc(Sc2ccc(O)c(C)c2O)c1. The molecule has 0 amide bonds. The van der Waals surface area contributed by atoms with Gasteiger partial charge in [0.1, 0.15) is 11.5 Å². The quantitative estimate of drug-likeness (QED) is 0.845. The molecule has 0 aromatic heterocycles. The average molecular weight is 246 g/mol. The summed E-state index contributed by atoms with van der Waals surface area (Å²) in [5, 5.41) is 19.4. The molecule has 2 aromatic carbocycles. The molecule has 2 rings (SSSR count). The van der Waals surface area contributed by atoms with E-state index in [4.69, 9.17) is 0 Å². The molecule has 0 unspecified atom stereocenters. The van der Waals surface area contributed by atoms with Crippen molar-refractivity contribution in [1.82, 2.24) is 0 Å². The molecular weight excluding hydrogens is 232 g/mol. The van der Waals surface area contributed by atoms with Crippen LogP contribution in [0.5, 0.6) is 11.5 Å². The predicted octanol–water partition coefficient (Wildman–Crippen LogP) is 3.87. The van der Waals surface area contributed by atoms with E-state index >= 15 is 0 Å². The monoisotopic (exact) mass is 246 g/mol. The van der Waals surface area contributed by atoms with E-state index in [0.29, 0.717) is 5.56 Å². The molecule has 0 aliphatic carbocycles. The van der Waals surface area contributed by atoms with Gasteiger partial charge in [-0.25, -0.2) is 0 Å². The highest BCUT2D eigenvalue weighted by molar-refractivity contribution is 7.99. The van der Waals surface area contributed by atoms with Gasteiger partial charge in [-0.2, -0.15) is 0 Å². The summed E-state index contributed by atoms with van der Waals surface area (Å²) in [6.45, 7) is 3.73. The molecule has 88 valence electrons. The molecule has 2 aromatic rings. The molecule has 0 bridgehead atoms. The van der Waals surface area contributed by atoms with E-state index < -0.39 is 0 Å². The molecule has 2 N–H and O–H groups in total. The lowest BCUT2D eigenvalue weighted by atomic mass is 10.2. The van der Waals surface area contributed by atoms with Crippen LogP contribution in [0.3, 0.4) is 0 Å². The Morgan fingerprint density at radius 1 is 1.00 bits per heavy atom. The number of phenolic OH excluding ortho intramolecular Hbond substituents is 2. The van der Waals surface area contributed by atoms with Crippen molar-refractivity contribution in [3.63, 3.8) is 0 Å². The number of benzene rings is 2. The van der Waals surface area contributed by atoms with E-state index in [0.717, 1.165) is 9.79 Å².